The Kier molecular flexibility index (Phi) is 5.89. The summed E-state index contributed by atoms with van der Waals surface area (Å²) in [6.07, 6.45) is 5.99. The molecule has 0 fully saturated rings. The summed E-state index contributed by atoms with van der Waals surface area (Å²) in [6, 6.07) is 14.9. The molecule has 0 spiro atoms. The van der Waals surface area contributed by atoms with Crippen molar-refractivity contribution in [3.63, 3.8) is 0 Å². The number of hydrogen-bond acceptors (Lipinski definition) is 4. The number of allylic oxidation sites excluding steroid dienone is 2. The number of hydrogen-bond donors (Lipinski definition) is 3. The minimum atomic E-state index is -3.61. The Balaban J connectivity index is 2.03. The van der Waals surface area contributed by atoms with Crippen LogP contribution in [0.1, 0.15) is 5.56 Å². The van der Waals surface area contributed by atoms with Gasteiger partial charge in [0.15, 0.2) is 0 Å². The first kappa shape index (κ1) is 17.5. The molecule has 0 saturated heterocycles. The number of carbonyl (C=O) groups excluding carboxylic acids is 1. The second-order valence-electron chi connectivity index (χ2n) is 4.73. The van der Waals surface area contributed by atoms with Gasteiger partial charge in [-0.15, -0.1) is 0 Å². The number of nitrogens with one attached hydrogen (secondary N) is 2. The summed E-state index contributed by atoms with van der Waals surface area (Å²) in [5.41, 5.74) is 2.76. The number of sulfonamides is 1. The summed E-state index contributed by atoms with van der Waals surface area (Å²) in [4.78, 5) is 11.0. The van der Waals surface area contributed by atoms with Crippen molar-refractivity contribution in [2.24, 2.45) is 0 Å². The maximum absolute atomic E-state index is 12.2. The molecule has 24 heavy (non-hydrogen) atoms. The van der Waals surface area contributed by atoms with Gasteiger partial charge in [0.05, 0.1) is 4.90 Å². The van der Waals surface area contributed by atoms with Gasteiger partial charge in [0.1, 0.15) is 0 Å². The predicted molar refractivity (Wildman–Crippen MR) is 91.8 cm³/mol. The summed E-state index contributed by atoms with van der Waals surface area (Å²) in [6.45, 7) is 0. The van der Waals surface area contributed by atoms with Crippen LogP contribution in [0.4, 0.5) is 5.69 Å². The topological polar surface area (TPSA) is 95.5 Å². The van der Waals surface area contributed by atoms with E-state index < -0.39 is 15.9 Å². The van der Waals surface area contributed by atoms with Crippen molar-refractivity contribution in [3.8, 4) is 0 Å². The molecule has 0 aromatic heterocycles. The molecule has 0 heterocycles. The van der Waals surface area contributed by atoms with Gasteiger partial charge >= 0.3 is 0 Å². The monoisotopic (exact) mass is 344 g/mol. The normalized spacial score (nSPS) is 11.7. The second-order valence-corrected chi connectivity index (χ2v) is 6.42. The molecule has 0 aliphatic heterocycles. The van der Waals surface area contributed by atoms with E-state index in [1.54, 1.807) is 54.6 Å². The van der Waals surface area contributed by atoms with Crippen LogP contribution in [-0.4, -0.2) is 19.5 Å². The van der Waals surface area contributed by atoms with E-state index in [1.165, 1.54) is 29.8 Å². The fraction of sp³-hybridized carbons (Fsp3) is 0. The van der Waals surface area contributed by atoms with Crippen LogP contribution in [0.5, 0.6) is 0 Å². The molecular weight excluding hydrogens is 328 g/mol. The lowest BCUT2D eigenvalue weighted by Gasteiger charge is -2.08. The van der Waals surface area contributed by atoms with Crippen molar-refractivity contribution >= 4 is 27.7 Å². The van der Waals surface area contributed by atoms with E-state index in [9.17, 15) is 13.2 Å². The number of carbonyl (C=O) groups is 1. The third-order valence-corrected chi connectivity index (χ3v) is 4.37. The molecular formula is C17H16N2O4S. The van der Waals surface area contributed by atoms with Crippen molar-refractivity contribution in [1.82, 2.24) is 5.48 Å². The zero-order chi connectivity index (χ0) is 17.4. The summed E-state index contributed by atoms with van der Waals surface area (Å²) in [7, 11) is -3.61. The van der Waals surface area contributed by atoms with Crippen molar-refractivity contribution in [1.29, 1.82) is 0 Å². The lowest BCUT2D eigenvalue weighted by Crippen LogP contribution is -2.14. The van der Waals surface area contributed by atoms with E-state index in [1.807, 2.05) is 0 Å². The van der Waals surface area contributed by atoms with Crippen LogP contribution in [0.3, 0.4) is 0 Å². The van der Waals surface area contributed by atoms with Gasteiger partial charge in [0.2, 0.25) is 0 Å². The Hall–Kier alpha value is -2.90. The van der Waals surface area contributed by atoms with Crippen molar-refractivity contribution in [2.75, 3.05) is 4.72 Å². The van der Waals surface area contributed by atoms with Crippen molar-refractivity contribution < 1.29 is 18.4 Å². The number of rotatable bonds is 6. The first-order valence-corrected chi connectivity index (χ1v) is 8.46. The highest BCUT2D eigenvalue weighted by molar-refractivity contribution is 7.92. The van der Waals surface area contributed by atoms with Gasteiger partial charge in [0.25, 0.3) is 15.9 Å². The van der Waals surface area contributed by atoms with E-state index in [4.69, 9.17) is 5.21 Å². The van der Waals surface area contributed by atoms with Crippen LogP contribution in [0.25, 0.3) is 6.08 Å². The average molecular weight is 344 g/mol. The smallest absolute Gasteiger partial charge is 0.267 e. The maximum atomic E-state index is 12.2. The molecule has 6 nitrogen and oxygen atoms in total. The van der Waals surface area contributed by atoms with Gasteiger partial charge in [-0.1, -0.05) is 48.6 Å². The molecule has 3 N–H and O–H groups in total. The number of amides is 1. The van der Waals surface area contributed by atoms with Gasteiger partial charge < -0.3 is 0 Å². The Morgan fingerprint density at radius 2 is 1.62 bits per heavy atom. The van der Waals surface area contributed by atoms with Crippen LogP contribution in [0.15, 0.2) is 77.7 Å². The third-order valence-electron chi connectivity index (χ3n) is 2.97. The zero-order valence-corrected chi connectivity index (χ0v) is 13.4. The van der Waals surface area contributed by atoms with Gasteiger partial charge in [0, 0.05) is 11.8 Å². The van der Waals surface area contributed by atoms with E-state index in [2.05, 4.69) is 4.72 Å². The summed E-state index contributed by atoms with van der Waals surface area (Å²) >= 11 is 0. The molecule has 0 aliphatic rings. The fourth-order valence-corrected chi connectivity index (χ4v) is 2.90. The largest absolute Gasteiger partial charge is 0.288 e. The molecule has 0 radical (unpaired) electrons. The Morgan fingerprint density at radius 1 is 0.958 bits per heavy atom. The van der Waals surface area contributed by atoms with Crippen LogP contribution < -0.4 is 10.2 Å². The predicted octanol–water partition coefficient (Wildman–Crippen LogP) is 2.56. The minimum absolute atomic E-state index is 0.196. The van der Waals surface area contributed by atoms with Crippen LogP contribution in [-0.2, 0) is 14.8 Å². The Labute approximate surface area is 140 Å². The van der Waals surface area contributed by atoms with Gasteiger partial charge in [-0.05, 0) is 29.8 Å². The minimum Gasteiger partial charge on any atom is -0.288 e. The number of benzene rings is 2. The zero-order valence-electron chi connectivity index (χ0n) is 12.6. The highest BCUT2D eigenvalue weighted by atomic mass is 32.2. The fourth-order valence-electron chi connectivity index (χ4n) is 1.82. The van der Waals surface area contributed by atoms with Gasteiger partial charge in [-0.2, -0.15) is 0 Å². The van der Waals surface area contributed by atoms with Crippen LogP contribution in [0, 0.1) is 0 Å². The molecule has 2 aromatic carbocycles. The van der Waals surface area contributed by atoms with Gasteiger partial charge in [-0.25, -0.2) is 13.9 Å². The van der Waals surface area contributed by atoms with Gasteiger partial charge in [-0.3, -0.25) is 14.7 Å². The number of hydroxylamine groups is 1. The van der Waals surface area contributed by atoms with Crippen LogP contribution in [0.2, 0.25) is 0 Å². The quantitative estimate of drug-likeness (QED) is 0.325. The molecule has 0 aliphatic carbocycles. The summed E-state index contributed by atoms with van der Waals surface area (Å²) in [5.74, 6) is -0.620. The van der Waals surface area contributed by atoms with E-state index >= 15 is 0 Å². The van der Waals surface area contributed by atoms with Crippen molar-refractivity contribution in [2.45, 2.75) is 4.90 Å². The van der Waals surface area contributed by atoms with Crippen LogP contribution >= 0.6 is 0 Å². The molecule has 2 rings (SSSR count). The van der Waals surface area contributed by atoms with E-state index in [-0.39, 0.29) is 4.90 Å². The highest BCUT2D eigenvalue weighted by Crippen LogP contribution is 2.16. The molecule has 1 amide bonds. The third kappa shape index (κ3) is 5.08. The lowest BCUT2D eigenvalue weighted by atomic mass is 10.2. The maximum Gasteiger partial charge on any atom is 0.267 e. The Bertz CT molecular complexity index is 842. The molecule has 0 atom stereocenters. The molecule has 0 unspecified atom stereocenters. The Morgan fingerprint density at radius 3 is 2.25 bits per heavy atom. The lowest BCUT2D eigenvalue weighted by molar-refractivity contribution is -0.124. The molecule has 124 valence electrons. The second kappa shape index (κ2) is 8.09. The first-order chi connectivity index (χ1) is 11.5. The average Bonchev–Trinajstić information content (AvgIpc) is 2.60. The molecule has 0 bridgehead atoms. The van der Waals surface area contributed by atoms with Crippen molar-refractivity contribution in [3.05, 3.63) is 78.4 Å². The highest BCUT2D eigenvalue weighted by Gasteiger charge is 2.12. The van der Waals surface area contributed by atoms with E-state index in [0.717, 1.165) is 5.56 Å². The molecule has 0 saturated carbocycles. The molecule has 2 aromatic rings. The number of anilines is 1. The van der Waals surface area contributed by atoms with E-state index in [0.29, 0.717) is 5.69 Å². The molecule has 7 heteroatoms. The standard InChI is InChI=1S/C17H16N2O4S/c20-17(18-21)9-5-4-6-14-10-12-15(13-11-14)19-24(22,23)16-7-2-1-3-8-16/h1-13,19,21H,(H,18,20)/b6-4+,9-5+. The first-order valence-electron chi connectivity index (χ1n) is 6.98. The summed E-state index contributed by atoms with van der Waals surface area (Å²) in [5, 5.41) is 8.33. The SMILES string of the molecule is O=C(/C=C/C=C/c1ccc(NS(=O)(=O)c2ccccc2)cc1)NO. The summed E-state index contributed by atoms with van der Waals surface area (Å²) < 4.78 is 26.9.